The van der Waals surface area contributed by atoms with Crippen molar-refractivity contribution in [1.82, 2.24) is 9.97 Å². The standard InChI is InChI=1S/C13H17F3N2/c1-2-12-17-7-10(8-18-12)9-3-5-11(6-4-9)13(14,15)16/h7-9,11H,2-6H2,1H3. The number of halogens is 3. The molecule has 0 aliphatic heterocycles. The van der Waals surface area contributed by atoms with Gasteiger partial charge in [0.2, 0.25) is 0 Å². The van der Waals surface area contributed by atoms with E-state index in [-0.39, 0.29) is 18.8 Å². The van der Waals surface area contributed by atoms with Gasteiger partial charge in [0.15, 0.2) is 0 Å². The van der Waals surface area contributed by atoms with Gasteiger partial charge < -0.3 is 0 Å². The molecule has 18 heavy (non-hydrogen) atoms. The van der Waals surface area contributed by atoms with E-state index < -0.39 is 12.1 Å². The van der Waals surface area contributed by atoms with Crippen LogP contribution in [0, 0.1) is 5.92 Å². The molecule has 0 spiro atoms. The van der Waals surface area contributed by atoms with Gasteiger partial charge in [-0.25, -0.2) is 9.97 Å². The van der Waals surface area contributed by atoms with Crippen molar-refractivity contribution in [2.75, 3.05) is 0 Å². The lowest BCUT2D eigenvalue weighted by atomic mass is 9.79. The summed E-state index contributed by atoms with van der Waals surface area (Å²) in [5.41, 5.74) is 0.979. The van der Waals surface area contributed by atoms with Crippen molar-refractivity contribution in [2.24, 2.45) is 5.92 Å². The van der Waals surface area contributed by atoms with Crippen LogP contribution in [-0.2, 0) is 6.42 Å². The number of hydrogen-bond donors (Lipinski definition) is 0. The van der Waals surface area contributed by atoms with Gasteiger partial charge in [-0.15, -0.1) is 0 Å². The highest BCUT2D eigenvalue weighted by Gasteiger charge is 2.41. The molecule has 0 atom stereocenters. The molecule has 0 aromatic carbocycles. The van der Waals surface area contributed by atoms with E-state index in [4.69, 9.17) is 0 Å². The highest BCUT2D eigenvalue weighted by Crippen LogP contribution is 2.42. The van der Waals surface area contributed by atoms with E-state index in [1.807, 2.05) is 6.92 Å². The van der Waals surface area contributed by atoms with Crippen molar-refractivity contribution < 1.29 is 13.2 Å². The molecule has 0 saturated heterocycles. The summed E-state index contributed by atoms with van der Waals surface area (Å²) >= 11 is 0. The Morgan fingerprint density at radius 1 is 1.11 bits per heavy atom. The number of rotatable bonds is 2. The smallest absolute Gasteiger partial charge is 0.241 e. The molecule has 1 heterocycles. The lowest BCUT2D eigenvalue weighted by Crippen LogP contribution is -2.27. The Morgan fingerprint density at radius 3 is 2.11 bits per heavy atom. The maximum atomic E-state index is 12.5. The van der Waals surface area contributed by atoms with Gasteiger partial charge in [-0.1, -0.05) is 6.92 Å². The molecule has 5 heteroatoms. The molecule has 1 aromatic heterocycles. The van der Waals surface area contributed by atoms with Crippen molar-refractivity contribution in [3.63, 3.8) is 0 Å². The van der Waals surface area contributed by atoms with E-state index in [0.29, 0.717) is 12.8 Å². The van der Waals surface area contributed by atoms with Gasteiger partial charge in [-0.3, -0.25) is 0 Å². The normalized spacial score (nSPS) is 25.1. The van der Waals surface area contributed by atoms with Gasteiger partial charge in [0.25, 0.3) is 0 Å². The van der Waals surface area contributed by atoms with E-state index in [1.54, 1.807) is 12.4 Å². The Labute approximate surface area is 105 Å². The first-order chi connectivity index (χ1) is 8.50. The quantitative estimate of drug-likeness (QED) is 0.804. The van der Waals surface area contributed by atoms with Crippen LogP contribution in [-0.4, -0.2) is 16.1 Å². The highest BCUT2D eigenvalue weighted by molar-refractivity contribution is 5.12. The maximum absolute atomic E-state index is 12.5. The Balaban J connectivity index is 1.96. The average Bonchev–Trinajstić information content (AvgIpc) is 2.38. The van der Waals surface area contributed by atoms with E-state index >= 15 is 0 Å². The first-order valence-corrected chi connectivity index (χ1v) is 6.38. The molecule has 1 aliphatic rings. The summed E-state index contributed by atoms with van der Waals surface area (Å²) in [5, 5.41) is 0. The molecule has 0 N–H and O–H groups in total. The molecule has 0 radical (unpaired) electrons. The zero-order valence-corrected chi connectivity index (χ0v) is 10.4. The molecule has 1 fully saturated rings. The molecule has 2 rings (SSSR count). The molecule has 0 bridgehead atoms. The summed E-state index contributed by atoms with van der Waals surface area (Å²) in [6, 6.07) is 0. The third-order valence-electron chi connectivity index (χ3n) is 3.70. The van der Waals surface area contributed by atoms with Crippen molar-refractivity contribution in [3.8, 4) is 0 Å². The van der Waals surface area contributed by atoms with Crippen LogP contribution in [0.15, 0.2) is 12.4 Å². The number of aryl methyl sites for hydroxylation is 1. The fourth-order valence-electron chi connectivity index (χ4n) is 2.51. The molecule has 2 nitrogen and oxygen atoms in total. The second-order valence-corrected chi connectivity index (χ2v) is 4.88. The summed E-state index contributed by atoms with van der Waals surface area (Å²) in [6.45, 7) is 1.98. The van der Waals surface area contributed by atoms with Crippen LogP contribution in [0.25, 0.3) is 0 Å². The molecular weight excluding hydrogens is 241 g/mol. The molecule has 1 saturated carbocycles. The highest BCUT2D eigenvalue weighted by atomic mass is 19.4. The van der Waals surface area contributed by atoms with E-state index in [9.17, 15) is 13.2 Å². The summed E-state index contributed by atoms with van der Waals surface area (Å²) in [5.74, 6) is -0.151. The second-order valence-electron chi connectivity index (χ2n) is 4.88. The summed E-state index contributed by atoms with van der Waals surface area (Å²) in [6.07, 6.45) is 1.90. The summed E-state index contributed by atoms with van der Waals surface area (Å²) < 4.78 is 37.6. The third kappa shape index (κ3) is 3.00. The van der Waals surface area contributed by atoms with Crippen LogP contribution in [0.5, 0.6) is 0 Å². The minimum Gasteiger partial charge on any atom is -0.241 e. The van der Waals surface area contributed by atoms with Crippen LogP contribution in [0.3, 0.4) is 0 Å². The largest absolute Gasteiger partial charge is 0.391 e. The Hall–Kier alpha value is -1.13. The van der Waals surface area contributed by atoms with Crippen LogP contribution in [0.1, 0.15) is 49.9 Å². The second kappa shape index (κ2) is 5.24. The monoisotopic (exact) mass is 258 g/mol. The predicted molar refractivity (Wildman–Crippen MR) is 62.2 cm³/mol. The molecule has 0 unspecified atom stereocenters. The first kappa shape index (κ1) is 13.3. The fourth-order valence-corrected chi connectivity index (χ4v) is 2.51. The first-order valence-electron chi connectivity index (χ1n) is 6.38. The SMILES string of the molecule is CCc1ncc(C2CCC(C(F)(F)F)CC2)cn1. The number of nitrogens with zero attached hydrogens (tertiary/aromatic N) is 2. The van der Waals surface area contributed by atoms with Gasteiger partial charge >= 0.3 is 6.18 Å². The fraction of sp³-hybridized carbons (Fsp3) is 0.692. The number of hydrogen-bond acceptors (Lipinski definition) is 2. The summed E-state index contributed by atoms with van der Waals surface area (Å²) in [4.78, 5) is 8.41. The molecule has 0 amide bonds. The lowest BCUT2D eigenvalue weighted by molar-refractivity contribution is -0.182. The van der Waals surface area contributed by atoms with Crippen molar-refractivity contribution in [2.45, 2.75) is 51.1 Å². The van der Waals surface area contributed by atoms with Crippen molar-refractivity contribution >= 4 is 0 Å². The minimum absolute atomic E-state index is 0.189. The van der Waals surface area contributed by atoms with E-state index in [0.717, 1.165) is 17.8 Å². The Kier molecular flexibility index (Phi) is 3.88. The van der Waals surface area contributed by atoms with Gasteiger partial charge in [-0.2, -0.15) is 13.2 Å². The third-order valence-corrected chi connectivity index (χ3v) is 3.70. The number of alkyl halides is 3. The van der Waals surface area contributed by atoms with Gasteiger partial charge in [0.05, 0.1) is 5.92 Å². The van der Waals surface area contributed by atoms with E-state index in [2.05, 4.69) is 9.97 Å². The van der Waals surface area contributed by atoms with Crippen LogP contribution in [0.4, 0.5) is 13.2 Å². The Bertz CT molecular complexity index is 378. The van der Waals surface area contributed by atoms with Gasteiger partial charge in [-0.05, 0) is 37.2 Å². The molecule has 1 aliphatic carbocycles. The number of aromatic nitrogens is 2. The average molecular weight is 258 g/mol. The topological polar surface area (TPSA) is 25.8 Å². The zero-order chi connectivity index (χ0) is 13.2. The Morgan fingerprint density at radius 2 is 1.67 bits per heavy atom. The zero-order valence-electron chi connectivity index (χ0n) is 10.4. The van der Waals surface area contributed by atoms with Crippen LogP contribution < -0.4 is 0 Å². The van der Waals surface area contributed by atoms with Crippen LogP contribution in [0.2, 0.25) is 0 Å². The molecular formula is C13H17F3N2. The molecule has 1 aromatic rings. The van der Waals surface area contributed by atoms with Gasteiger partial charge in [0.1, 0.15) is 5.82 Å². The van der Waals surface area contributed by atoms with Crippen molar-refractivity contribution in [3.05, 3.63) is 23.8 Å². The van der Waals surface area contributed by atoms with Crippen molar-refractivity contribution in [1.29, 1.82) is 0 Å². The minimum atomic E-state index is -4.03. The molecule has 100 valence electrons. The summed E-state index contributed by atoms with van der Waals surface area (Å²) in [7, 11) is 0. The van der Waals surface area contributed by atoms with Gasteiger partial charge in [0, 0.05) is 18.8 Å². The predicted octanol–water partition coefficient (Wildman–Crippen LogP) is 3.88. The lowest BCUT2D eigenvalue weighted by Gasteiger charge is -2.29. The van der Waals surface area contributed by atoms with E-state index in [1.165, 1.54) is 0 Å². The van der Waals surface area contributed by atoms with Crippen LogP contribution >= 0.6 is 0 Å². The maximum Gasteiger partial charge on any atom is 0.391 e.